The number of nitrogens with one attached hydrogen (secondary N) is 1. The summed E-state index contributed by atoms with van der Waals surface area (Å²) < 4.78 is 1.24. The van der Waals surface area contributed by atoms with E-state index in [1.165, 1.54) is 9.13 Å². The molecule has 0 radical (unpaired) electrons. The molecule has 1 unspecified atom stereocenters. The summed E-state index contributed by atoms with van der Waals surface area (Å²) in [6.07, 6.45) is 0.827. The van der Waals surface area contributed by atoms with Crippen molar-refractivity contribution in [1.82, 2.24) is 5.32 Å². The summed E-state index contributed by atoms with van der Waals surface area (Å²) in [6.45, 7) is 3.02. The van der Waals surface area contributed by atoms with Gasteiger partial charge in [-0.3, -0.25) is 0 Å². The first-order valence-corrected chi connectivity index (χ1v) is 8.36. The van der Waals surface area contributed by atoms with E-state index in [1.807, 2.05) is 18.2 Å². The molecule has 1 N–H and O–H groups in total. The topological polar surface area (TPSA) is 12.0 Å². The van der Waals surface area contributed by atoms with Gasteiger partial charge in [0.15, 0.2) is 0 Å². The summed E-state index contributed by atoms with van der Waals surface area (Å²) in [5.74, 6) is 0. The summed E-state index contributed by atoms with van der Waals surface area (Å²) in [4.78, 5) is 0. The molecule has 0 aliphatic heterocycles. The number of hydrogen-bond donors (Lipinski definition) is 1. The average Bonchev–Trinajstić information content (AvgIpc) is 2.42. The highest BCUT2D eigenvalue weighted by molar-refractivity contribution is 14.1. The van der Waals surface area contributed by atoms with Gasteiger partial charge in [-0.25, -0.2) is 0 Å². The zero-order valence-electron chi connectivity index (χ0n) is 11.2. The first kappa shape index (κ1) is 16.1. The van der Waals surface area contributed by atoms with Gasteiger partial charge in [0.25, 0.3) is 0 Å². The second-order valence-corrected chi connectivity index (χ2v) is 6.69. The van der Waals surface area contributed by atoms with Crippen molar-refractivity contribution in [3.63, 3.8) is 0 Å². The summed E-state index contributed by atoms with van der Waals surface area (Å²) in [5.41, 5.74) is 2.35. The Bertz CT molecular complexity index is 586. The largest absolute Gasteiger partial charge is 0.310 e. The summed E-state index contributed by atoms with van der Waals surface area (Å²) >= 11 is 14.7. The minimum Gasteiger partial charge on any atom is -0.310 e. The molecule has 0 amide bonds. The fourth-order valence-corrected chi connectivity index (χ4v) is 3.15. The lowest BCUT2D eigenvalue weighted by molar-refractivity contribution is 0.549. The van der Waals surface area contributed by atoms with Crippen molar-refractivity contribution in [2.24, 2.45) is 0 Å². The van der Waals surface area contributed by atoms with Gasteiger partial charge in [0, 0.05) is 19.7 Å². The summed E-state index contributed by atoms with van der Waals surface area (Å²) in [7, 11) is 0. The van der Waals surface area contributed by atoms with E-state index >= 15 is 0 Å². The lowest BCUT2D eigenvalue weighted by Gasteiger charge is -2.19. The standard InChI is InChI=1S/C16H16Cl2IN/c1-2-20-16(11-4-3-5-14(19)9-11)10-12-8-13(17)6-7-15(12)18/h3-9,16,20H,2,10H2,1H3. The van der Waals surface area contributed by atoms with Crippen LogP contribution in [0.2, 0.25) is 10.0 Å². The van der Waals surface area contributed by atoms with Gasteiger partial charge in [-0.1, -0.05) is 42.3 Å². The third-order valence-electron chi connectivity index (χ3n) is 3.13. The zero-order chi connectivity index (χ0) is 14.5. The molecule has 106 valence electrons. The predicted octanol–water partition coefficient (Wildman–Crippen LogP) is 5.49. The Kier molecular flexibility index (Phi) is 6.15. The van der Waals surface area contributed by atoms with Gasteiger partial charge >= 0.3 is 0 Å². The van der Waals surface area contributed by atoms with Gasteiger partial charge in [-0.15, -0.1) is 0 Å². The van der Waals surface area contributed by atoms with E-state index in [-0.39, 0.29) is 6.04 Å². The molecule has 0 aromatic heterocycles. The Morgan fingerprint density at radius 3 is 2.65 bits per heavy atom. The van der Waals surface area contributed by atoms with Crippen molar-refractivity contribution in [2.75, 3.05) is 6.54 Å². The van der Waals surface area contributed by atoms with Crippen molar-refractivity contribution in [3.05, 3.63) is 67.2 Å². The van der Waals surface area contributed by atoms with Crippen LogP contribution in [0.3, 0.4) is 0 Å². The SMILES string of the molecule is CCNC(Cc1cc(Cl)ccc1Cl)c1cccc(I)c1. The normalized spacial score (nSPS) is 12.4. The van der Waals surface area contributed by atoms with Crippen molar-refractivity contribution in [1.29, 1.82) is 0 Å². The lowest BCUT2D eigenvalue weighted by Crippen LogP contribution is -2.23. The Morgan fingerprint density at radius 2 is 1.95 bits per heavy atom. The molecule has 0 aliphatic carbocycles. The molecule has 20 heavy (non-hydrogen) atoms. The molecule has 2 aromatic rings. The molecule has 0 saturated heterocycles. The van der Waals surface area contributed by atoms with Crippen LogP contribution in [0.15, 0.2) is 42.5 Å². The molecule has 0 aliphatic rings. The van der Waals surface area contributed by atoms with E-state index in [4.69, 9.17) is 23.2 Å². The van der Waals surface area contributed by atoms with Crippen LogP contribution in [0, 0.1) is 3.57 Å². The van der Waals surface area contributed by atoms with Crippen LogP contribution in [-0.2, 0) is 6.42 Å². The first-order chi connectivity index (χ1) is 9.60. The van der Waals surface area contributed by atoms with Crippen LogP contribution in [0.4, 0.5) is 0 Å². The van der Waals surface area contributed by atoms with Crippen LogP contribution in [0.5, 0.6) is 0 Å². The quantitative estimate of drug-likeness (QED) is 0.631. The molecule has 0 saturated carbocycles. The summed E-state index contributed by atoms with van der Waals surface area (Å²) in [6, 6.07) is 14.4. The number of likely N-dealkylation sites (N-methyl/N-ethyl adjacent to an activating group) is 1. The van der Waals surface area contributed by atoms with Crippen LogP contribution >= 0.6 is 45.8 Å². The monoisotopic (exact) mass is 419 g/mol. The van der Waals surface area contributed by atoms with E-state index < -0.39 is 0 Å². The van der Waals surface area contributed by atoms with Crippen LogP contribution in [0.1, 0.15) is 24.1 Å². The highest BCUT2D eigenvalue weighted by atomic mass is 127. The second-order valence-electron chi connectivity index (χ2n) is 4.61. The lowest BCUT2D eigenvalue weighted by atomic mass is 9.99. The van der Waals surface area contributed by atoms with E-state index in [0.717, 1.165) is 28.6 Å². The minimum absolute atomic E-state index is 0.241. The molecule has 4 heteroatoms. The van der Waals surface area contributed by atoms with Crippen LogP contribution in [-0.4, -0.2) is 6.54 Å². The van der Waals surface area contributed by atoms with Gasteiger partial charge in [0.05, 0.1) is 0 Å². The number of rotatable bonds is 5. The Balaban J connectivity index is 2.27. The fourth-order valence-electron chi connectivity index (χ4n) is 2.20. The molecular formula is C16H16Cl2IN. The van der Waals surface area contributed by atoms with E-state index in [2.05, 4.69) is 59.1 Å². The van der Waals surface area contributed by atoms with Crippen LogP contribution < -0.4 is 5.32 Å². The van der Waals surface area contributed by atoms with Gasteiger partial charge in [0.1, 0.15) is 0 Å². The van der Waals surface area contributed by atoms with E-state index in [0.29, 0.717) is 0 Å². The summed E-state index contributed by atoms with van der Waals surface area (Å²) in [5, 5.41) is 5.01. The maximum atomic E-state index is 6.27. The second kappa shape index (κ2) is 7.64. The fraction of sp³-hybridized carbons (Fsp3) is 0.250. The van der Waals surface area contributed by atoms with Crippen molar-refractivity contribution in [3.8, 4) is 0 Å². The molecule has 0 bridgehead atoms. The van der Waals surface area contributed by atoms with Gasteiger partial charge in [0.2, 0.25) is 0 Å². The van der Waals surface area contributed by atoms with Gasteiger partial charge in [-0.2, -0.15) is 0 Å². The highest BCUT2D eigenvalue weighted by Gasteiger charge is 2.13. The Morgan fingerprint density at radius 1 is 1.15 bits per heavy atom. The first-order valence-electron chi connectivity index (χ1n) is 6.53. The van der Waals surface area contributed by atoms with Crippen LogP contribution in [0.25, 0.3) is 0 Å². The van der Waals surface area contributed by atoms with Gasteiger partial charge < -0.3 is 5.32 Å². The molecule has 0 fully saturated rings. The maximum absolute atomic E-state index is 6.27. The molecule has 2 rings (SSSR count). The molecule has 1 nitrogen and oxygen atoms in total. The maximum Gasteiger partial charge on any atom is 0.0439 e. The van der Waals surface area contributed by atoms with Gasteiger partial charge in [-0.05, 0) is 77.0 Å². The number of benzene rings is 2. The zero-order valence-corrected chi connectivity index (χ0v) is 14.8. The molecular weight excluding hydrogens is 404 g/mol. The smallest absolute Gasteiger partial charge is 0.0439 e. The molecule has 1 atom stereocenters. The molecule has 2 aromatic carbocycles. The third kappa shape index (κ3) is 4.35. The Labute approximate surface area is 143 Å². The van der Waals surface area contributed by atoms with Crippen molar-refractivity contribution < 1.29 is 0 Å². The van der Waals surface area contributed by atoms with E-state index in [9.17, 15) is 0 Å². The Hall–Kier alpha value is -0.290. The molecule has 0 spiro atoms. The number of hydrogen-bond acceptors (Lipinski definition) is 1. The number of halogens is 3. The molecule has 0 heterocycles. The minimum atomic E-state index is 0.241. The van der Waals surface area contributed by atoms with Crippen molar-refractivity contribution >= 4 is 45.8 Å². The highest BCUT2D eigenvalue weighted by Crippen LogP contribution is 2.26. The van der Waals surface area contributed by atoms with E-state index in [1.54, 1.807) is 0 Å². The predicted molar refractivity (Wildman–Crippen MR) is 95.7 cm³/mol. The third-order valence-corrected chi connectivity index (χ3v) is 4.41. The average molecular weight is 420 g/mol. The van der Waals surface area contributed by atoms with Crippen molar-refractivity contribution in [2.45, 2.75) is 19.4 Å².